The fourth-order valence-corrected chi connectivity index (χ4v) is 3.44. The third kappa shape index (κ3) is 2.70. The van der Waals surface area contributed by atoms with Gasteiger partial charge in [0.25, 0.3) is 0 Å². The quantitative estimate of drug-likeness (QED) is 0.851. The van der Waals surface area contributed by atoms with Gasteiger partial charge in [-0.2, -0.15) is 0 Å². The Morgan fingerprint density at radius 1 is 1.26 bits per heavy atom. The van der Waals surface area contributed by atoms with E-state index in [0.717, 1.165) is 19.5 Å². The number of fused-ring (bicyclic) bond motifs is 1. The van der Waals surface area contributed by atoms with Gasteiger partial charge in [-0.05, 0) is 56.8 Å². The molecule has 0 amide bonds. The summed E-state index contributed by atoms with van der Waals surface area (Å²) in [7, 11) is 0. The lowest BCUT2D eigenvalue weighted by atomic mass is 9.72. The molecule has 0 saturated heterocycles. The first-order valence-electron chi connectivity index (χ1n) is 7.59. The van der Waals surface area contributed by atoms with Gasteiger partial charge in [-0.3, -0.25) is 4.90 Å². The number of hydrogen-bond acceptors (Lipinski definition) is 2. The maximum absolute atomic E-state index is 6.53. The highest BCUT2D eigenvalue weighted by molar-refractivity contribution is 5.40. The number of benzene rings is 1. The van der Waals surface area contributed by atoms with Crippen molar-refractivity contribution in [2.24, 2.45) is 5.73 Å². The number of nitrogens with zero attached hydrogens (tertiary/aromatic N) is 1. The minimum atomic E-state index is 0.0774. The van der Waals surface area contributed by atoms with Crippen LogP contribution < -0.4 is 5.73 Å². The summed E-state index contributed by atoms with van der Waals surface area (Å²) in [4.78, 5) is 2.47. The molecule has 0 spiro atoms. The Balaban J connectivity index is 2.01. The molecule has 0 radical (unpaired) electrons. The van der Waals surface area contributed by atoms with Crippen LogP contribution in [0.5, 0.6) is 0 Å². The summed E-state index contributed by atoms with van der Waals surface area (Å²) in [6, 6.07) is 9.01. The van der Waals surface area contributed by atoms with E-state index in [1.54, 1.807) is 0 Å². The number of nitrogens with two attached hydrogens (primary N) is 1. The summed E-state index contributed by atoms with van der Waals surface area (Å²) in [6.07, 6.45) is 2.30. The van der Waals surface area contributed by atoms with Gasteiger partial charge in [-0.15, -0.1) is 0 Å². The Morgan fingerprint density at radius 2 is 1.89 bits per heavy atom. The van der Waals surface area contributed by atoms with Crippen LogP contribution in [0, 0.1) is 0 Å². The second-order valence-electron chi connectivity index (χ2n) is 6.27. The molecule has 2 rings (SSSR count). The van der Waals surface area contributed by atoms with Gasteiger partial charge in [0.15, 0.2) is 0 Å². The highest BCUT2D eigenvalue weighted by Crippen LogP contribution is 2.39. The van der Waals surface area contributed by atoms with Crippen molar-refractivity contribution in [1.82, 2.24) is 4.90 Å². The summed E-state index contributed by atoms with van der Waals surface area (Å²) in [5, 5.41) is 0. The SMILES string of the molecule is CCN(CC)C(C)(C)C(N)CC1Cc2ccccc21. The van der Waals surface area contributed by atoms with Crippen molar-refractivity contribution in [2.45, 2.75) is 58.0 Å². The predicted molar refractivity (Wildman–Crippen MR) is 82.5 cm³/mol. The van der Waals surface area contributed by atoms with Crippen LogP contribution in [0.3, 0.4) is 0 Å². The molecule has 2 atom stereocenters. The van der Waals surface area contributed by atoms with Crippen LogP contribution in [-0.2, 0) is 6.42 Å². The molecule has 0 heterocycles. The van der Waals surface area contributed by atoms with Gasteiger partial charge in [-0.25, -0.2) is 0 Å². The van der Waals surface area contributed by atoms with Gasteiger partial charge in [0.1, 0.15) is 0 Å². The van der Waals surface area contributed by atoms with E-state index in [4.69, 9.17) is 5.73 Å². The van der Waals surface area contributed by atoms with Gasteiger partial charge in [-0.1, -0.05) is 38.1 Å². The van der Waals surface area contributed by atoms with E-state index in [1.165, 1.54) is 17.5 Å². The molecule has 2 unspecified atom stereocenters. The van der Waals surface area contributed by atoms with Gasteiger partial charge >= 0.3 is 0 Å². The normalized spacial score (nSPS) is 20.0. The molecule has 1 aliphatic carbocycles. The highest BCUT2D eigenvalue weighted by atomic mass is 15.2. The highest BCUT2D eigenvalue weighted by Gasteiger charge is 2.35. The Bertz CT molecular complexity index is 421. The Morgan fingerprint density at radius 3 is 2.47 bits per heavy atom. The zero-order chi connectivity index (χ0) is 14.0. The second kappa shape index (κ2) is 5.64. The summed E-state index contributed by atoms with van der Waals surface area (Å²) < 4.78 is 0. The third-order valence-electron chi connectivity index (χ3n) is 4.99. The first-order valence-corrected chi connectivity index (χ1v) is 7.59. The summed E-state index contributed by atoms with van der Waals surface area (Å²) >= 11 is 0. The molecule has 0 fully saturated rings. The monoisotopic (exact) mass is 260 g/mol. The minimum Gasteiger partial charge on any atom is -0.326 e. The summed E-state index contributed by atoms with van der Waals surface area (Å²) in [5.41, 5.74) is 9.64. The molecule has 0 bridgehead atoms. The molecular weight excluding hydrogens is 232 g/mol. The maximum Gasteiger partial charge on any atom is 0.0304 e. The first-order chi connectivity index (χ1) is 9.00. The summed E-state index contributed by atoms with van der Waals surface area (Å²) in [5.74, 6) is 0.668. The van der Waals surface area contributed by atoms with E-state index >= 15 is 0 Å². The standard InChI is InChI=1S/C17H28N2/c1-5-19(6-2)17(3,4)16(18)12-14-11-13-9-7-8-10-15(13)14/h7-10,14,16H,5-6,11-12,18H2,1-4H3. The van der Waals surface area contributed by atoms with Gasteiger partial charge in [0.2, 0.25) is 0 Å². The maximum atomic E-state index is 6.53. The van der Waals surface area contributed by atoms with Crippen molar-refractivity contribution in [3.05, 3.63) is 35.4 Å². The number of likely N-dealkylation sites (N-methyl/N-ethyl adjacent to an activating group) is 1. The smallest absolute Gasteiger partial charge is 0.0304 e. The van der Waals surface area contributed by atoms with Crippen molar-refractivity contribution in [3.63, 3.8) is 0 Å². The molecule has 1 aromatic rings. The topological polar surface area (TPSA) is 29.3 Å². The fourth-order valence-electron chi connectivity index (χ4n) is 3.44. The Hall–Kier alpha value is -0.860. The van der Waals surface area contributed by atoms with Gasteiger partial charge in [0.05, 0.1) is 0 Å². The van der Waals surface area contributed by atoms with E-state index in [1.807, 2.05) is 0 Å². The number of rotatable bonds is 6. The molecule has 1 aromatic carbocycles. The predicted octanol–water partition coefficient (Wildman–Crippen LogP) is 3.16. The number of hydrogen-bond donors (Lipinski definition) is 1. The Kier molecular flexibility index (Phi) is 4.32. The van der Waals surface area contributed by atoms with Crippen molar-refractivity contribution in [1.29, 1.82) is 0 Å². The zero-order valence-electron chi connectivity index (χ0n) is 12.8. The zero-order valence-corrected chi connectivity index (χ0v) is 12.8. The van der Waals surface area contributed by atoms with Crippen LogP contribution >= 0.6 is 0 Å². The van der Waals surface area contributed by atoms with Crippen molar-refractivity contribution < 1.29 is 0 Å². The van der Waals surface area contributed by atoms with Crippen LogP contribution in [0.1, 0.15) is 51.2 Å². The van der Waals surface area contributed by atoms with E-state index in [-0.39, 0.29) is 11.6 Å². The molecule has 2 N–H and O–H groups in total. The lowest BCUT2D eigenvalue weighted by molar-refractivity contribution is 0.0991. The van der Waals surface area contributed by atoms with Gasteiger partial charge in [0, 0.05) is 11.6 Å². The minimum absolute atomic E-state index is 0.0774. The average Bonchev–Trinajstić information content (AvgIpc) is 2.36. The van der Waals surface area contributed by atoms with Crippen molar-refractivity contribution >= 4 is 0 Å². The molecule has 0 aliphatic heterocycles. The molecule has 0 saturated carbocycles. The van der Waals surface area contributed by atoms with Crippen molar-refractivity contribution in [3.8, 4) is 0 Å². The van der Waals surface area contributed by atoms with Crippen LogP contribution in [0.2, 0.25) is 0 Å². The van der Waals surface area contributed by atoms with Crippen LogP contribution in [0.25, 0.3) is 0 Å². The van der Waals surface area contributed by atoms with Crippen LogP contribution in [0.15, 0.2) is 24.3 Å². The van der Waals surface area contributed by atoms with E-state index in [9.17, 15) is 0 Å². The second-order valence-corrected chi connectivity index (χ2v) is 6.27. The average molecular weight is 260 g/mol. The van der Waals surface area contributed by atoms with E-state index < -0.39 is 0 Å². The van der Waals surface area contributed by atoms with E-state index in [0.29, 0.717) is 5.92 Å². The van der Waals surface area contributed by atoms with Gasteiger partial charge < -0.3 is 5.73 Å². The van der Waals surface area contributed by atoms with Crippen LogP contribution in [-0.4, -0.2) is 29.6 Å². The molecule has 2 nitrogen and oxygen atoms in total. The largest absolute Gasteiger partial charge is 0.326 e. The molecule has 1 aliphatic rings. The molecule has 0 aromatic heterocycles. The summed E-state index contributed by atoms with van der Waals surface area (Å²) in [6.45, 7) is 11.1. The van der Waals surface area contributed by atoms with Crippen molar-refractivity contribution in [2.75, 3.05) is 13.1 Å². The lowest BCUT2D eigenvalue weighted by Crippen LogP contribution is -2.56. The van der Waals surface area contributed by atoms with E-state index in [2.05, 4.69) is 56.9 Å². The molecule has 106 valence electrons. The molecule has 19 heavy (non-hydrogen) atoms. The Labute approximate surface area is 118 Å². The lowest BCUT2D eigenvalue weighted by Gasteiger charge is -2.44. The van der Waals surface area contributed by atoms with Crippen LogP contribution in [0.4, 0.5) is 0 Å². The molecular formula is C17H28N2. The fraction of sp³-hybridized carbons (Fsp3) is 0.647. The third-order valence-corrected chi connectivity index (χ3v) is 4.99. The molecule has 2 heteroatoms. The first kappa shape index (κ1) is 14.5.